The van der Waals surface area contributed by atoms with Crippen molar-refractivity contribution in [2.45, 2.75) is 43.7 Å². The summed E-state index contributed by atoms with van der Waals surface area (Å²) in [6.45, 7) is 0.706. The predicted molar refractivity (Wildman–Crippen MR) is 175 cm³/mol. The standard InChI is InChI=1S/C38H36F3N3O4/c1-47-33(46)19-28(34(24-11-4-2-5-12-24)25-13-6-3-7-14-25)32(45)18-26-15-9-8-10-23(26)16-17-27-21-42-31(22-48-27)38-43-30-20-29(39)35(40)36(41)37(30)44-38/h2-15,20,27-28,31,34,42H,16-19,21-22H2,1H3,(H,43,44)/t27-,28-,31+/m1/s1. The average Bonchev–Trinajstić information content (AvgIpc) is 3.55. The lowest BCUT2D eigenvalue weighted by atomic mass is 9.75. The Kier molecular flexibility index (Phi) is 10.3. The second-order valence-electron chi connectivity index (χ2n) is 12.1. The number of ether oxygens (including phenoxy) is 2. The van der Waals surface area contributed by atoms with Gasteiger partial charge in [-0.15, -0.1) is 0 Å². The summed E-state index contributed by atoms with van der Waals surface area (Å²) >= 11 is 0. The van der Waals surface area contributed by atoms with Gasteiger partial charge in [0.2, 0.25) is 0 Å². The maximum Gasteiger partial charge on any atom is 0.306 e. The summed E-state index contributed by atoms with van der Waals surface area (Å²) in [5.41, 5.74) is 3.62. The molecule has 1 aliphatic rings. The number of ketones is 1. The third kappa shape index (κ3) is 7.35. The van der Waals surface area contributed by atoms with E-state index in [1.165, 1.54) is 7.11 Å². The number of Topliss-reactive ketones (excluding diaryl/α,β-unsaturated/α-hetero) is 1. The summed E-state index contributed by atoms with van der Waals surface area (Å²) in [6, 6.07) is 27.8. The lowest BCUT2D eigenvalue weighted by Crippen LogP contribution is -2.41. The number of H-pyrrole nitrogens is 1. The highest BCUT2D eigenvalue weighted by atomic mass is 19.2. The van der Waals surface area contributed by atoms with Gasteiger partial charge in [-0.3, -0.25) is 9.59 Å². The van der Waals surface area contributed by atoms with Crippen molar-refractivity contribution in [3.05, 3.63) is 137 Å². The monoisotopic (exact) mass is 655 g/mol. The molecular formula is C38H36F3N3O4. The number of morpholine rings is 1. The van der Waals surface area contributed by atoms with Crippen molar-refractivity contribution in [2.24, 2.45) is 5.92 Å². The molecule has 0 unspecified atom stereocenters. The number of carbonyl (C=O) groups excluding carboxylic acids is 2. The fraction of sp³-hybridized carbons (Fsp3) is 0.289. The van der Waals surface area contributed by atoms with E-state index in [9.17, 15) is 22.8 Å². The summed E-state index contributed by atoms with van der Waals surface area (Å²) in [6.07, 6.45) is 1.28. The maximum atomic E-state index is 14.2. The molecule has 2 heterocycles. The molecule has 1 aliphatic heterocycles. The zero-order valence-electron chi connectivity index (χ0n) is 26.4. The first kappa shape index (κ1) is 33.1. The van der Waals surface area contributed by atoms with Crippen LogP contribution in [0.1, 0.15) is 52.9 Å². The molecular weight excluding hydrogens is 619 g/mol. The topological polar surface area (TPSA) is 93.3 Å². The minimum absolute atomic E-state index is 0.0452. The second-order valence-corrected chi connectivity index (χ2v) is 12.1. The number of aromatic nitrogens is 2. The molecule has 248 valence electrons. The summed E-state index contributed by atoms with van der Waals surface area (Å²) in [5, 5.41) is 3.33. The molecule has 2 N–H and O–H groups in total. The number of halogens is 3. The van der Waals surface area contributed by atoms with Crippen molar-refractivity contribution in [2.75, 3.05) is 20.3 Å². The molecule has 3 atom stereocenters. The lowest BCUT2D eigenvalue weighted by Gasteiger charge is -2.29. The van der Waals surface area contributed by atoms with Gasteiger partial charge < -0.3 is 19.8 Å². The Labute approximate surface area is 276 Å². The summed E-state index contributed by atoms with van der Waals surface area (Å²) < 4.78 is 52.7. The van der Waals surface area contributed by atoms with E-state index >= 15 is 0 Å². The van der Waals surface area contributed by atoms with E-state index in [1.807, 2.05) is 84.9 Å². The van der Waals surface area contributed by atoms with Gasteiger partial charge in [-0.1, -0.05) is 84.9 Å². The smallest absolute Gasteiger partial charge is 0.306 e. The van der Waals surface area contributed by atoms with E-state index in [2.05, 4.69) is 15.3 Å². The van der Waals surface area contributed by atoms with Crippen molar-refractivity contribution in [3.63, 3.8) is 0 Å². The molecule has 5 aromatic rings. The van der Waals surface area contributed by atoms with Crippen LogP contribution < -0.4 is 5.32 Å². The Morgan fingerprint density at radius 1 is 0.917 bits per heavy atom. The number of hydrogen-bond acceptors (Lipinski definition) is 6. The fourth-order valence-electron chi connectivity index (χ4n) is 6.49. The quantitative estimate of drug-likeness (QED) is 0.114. The molecule has 0 saturated carbocycles. The number of benzene rings is 4. The van der Waals surface area contributed by atoms with Gasteiger partial charge in [-0.2, -0.15) is 0 Å². The number of nitrogens with zero attached hydrogens (tertiary/aromatic N) is 1. The maximum absolute atomic E-state index is 14.2. The van der Waals surface area contributed by atoms with Crippen LogP contribution in [-0.2, 0) is 31.9 Å². The van der Waals surface area contributed by atoms with E-state index in [0.717, 1.165) is 28.3 Å². The number of esters is 1. The number of carbonyl (C=O) groups is 2. The number of methoxy groups -OCH3 is 1. The molecule has 1 aromatic heterocycles. The van der Waals surface area contributed by atoms with Gasteiger partial charge in [0.1, 0.15) is 17.1 Å². The van der Waals surface area contributed by atoms with E-state index in [-0.39, 0.29) is 48.3 Å². The molecule has 1 saturated heterocycles. The van der Waals surface area contributed by atoms with Crippen LogP contribution in [0.4, 0.5) is 13.2 Å². The minimum Gasteiger partial charge on any atom is -0.469 e. The number of aromatic amines is 1. The van der Waals surface area contributed by atoms with Gasteiger partial charge in [-0.25, -0.2) is 18.2 Å². The number of hydrogen-bond donors (Lipinski definition) is 2. The molecule has 7 nitrogen and oxygen atoms in total. The minimum atomic E-state index is -1.55. The van der Waals surface area contributed by atoms with Gasteiger partial charge in [0.05, 0.1) is 37.8 Å². The number of aryl methyl sites for hydroxylation is 1. The molecule has 0 bridgehead atoms. The van der Waals surface area contributed by atoms with Gasteiger partial charge in [0, 0.05) is 30.9 Å². The van der Waals surface area contributed by atoms with Gasteiger partial charge in [0.15, 0.2) is 17.5 Å². The average molecular weight is 656 g/mol. The summed E-state index contributed by atoms with van der Waals surface area (Å²) in [5.74, 6) is -5.29. The van der Waals surface area contributed by atoms with Crippen molar-refractivity contribution < 1.29 is 32.2 Å². The molecule has 1 fully saturated rings. The van der Waals surface area contributed by atoms with Crippen LogP contribution in [0.5, 0.6) is 0 Å². The van der Waals surface area contributed by atoms with Crippen LogP contribution in [0.15, 0.2) is 91.0 Å². The van der Waals surface area contributed by atoms with Gasteiger partial charge in [0.25, 0.3) is 0 Å². The zero-order valence-corrected chi connectivity index (χ0v) is 26.4. The highest BCUT2D eigenvalue weighted by molar-refractivity contribution is 5.88. The normalized spacial score (nSPS) is 17.0. The third-order valence-corrected chi connectivity index (χ3v) is 9.02. The Morgan fingerprint density at radius 2 is 1.56 bits per heavy atom. The highest BCUT2D eigenvalue weighted by Crippen LogP contribution is 2.36. The molecule has 4 aromatic carbocycles. The van der Waals surface area contributed by atoms with Crippen molar-refractivity contribution in [3.8, 4) is 0 Å². The van der Waals surface area contributed by atoms with Crippen LogP contribution in [0.25, 0.3) is 11.0 Å². The number of rotatable bonds is 12. The Morgan fingerprint density at radius 3 is 2.19 bits per heavy atom. The second kappa shape index (κ2) is 15.0. The summed E-state index contributed by atoms with van der Waals surface area (Å²) in [7, 11) is 1.34. The predicted octanol–water partition coefficient (Wildman–Crippen LogP) is 6.77. The molecule has 0 radical (unpaired) electrons. The van der Waals surface area contributed by atoms with Gasteiger partial charge >= 0.3 is 5.97 Å². The molecule has 0 amide bonds. The molecule has 10 heteroatoms. The Balaban J connectivity index is 1.14. The van der Waals surface area contributed by atoms with Gasteiger partial charge in [-0.05, 0) is 35.1 Å². The lowest BCUT2D eigenvalue weighted by molar-refractivity contribution is -0.144. The zero-order chi connectivity index (χ0) is 33.6. The Bertz CT molecular complexity index is 1840. The van der Waals surface area contributed by atoms with E-state index in [0.29, 0.717) is 25.2 Å². The molecule has 0 aliphatic carbocycles. The number of imidazole rings is 1. The fourth-order valence-corrected chi connectivity index (χ4v) is 6.49. The first-order chi connectivity index (χ1) is 23.3. The number of nitrogens with one attached hydrogen (secondary N) is 2. The van der Waals surface area contributed by atoms with Crippen LogP contribution in [0.2, 0.25) is 0 Å². The van der Waals surface area contributed by atoms with Crippen molar-refractivity contribution in [1.29, 1.82) is 0 Å². The van der Waals surface area contributed by atoms with Crippen LogP contribution >= 0.6 is 0 Å². The van der Waals surface area contributed by atoms with E-state index < -0.39 is 35.4 Å². The highest BCUT2D eigenvalue weighted by Gasteiger charge is 2.33. The van der Waals surface area contributed by atoms with E-state index in [1.54, 1.807) is 0 Å². The third-order valence-electron chi connectivity index (χ3n) is 9.02. The first-order valence-corrected chi connectivity index (χ1v) is 16.0. The Hall–Kier alpha value is -4.80. The molecule has 6 rings (SSSR count). The van der Waals surface area contributed by atoms with Crippen molar-refractivity contribution in [1.82, 2.24) is 15.3 Å². The number of fused-ring (bicyclic) bond motifs is 1. The van der Waals surface area contributed by atoms with Crippen LogP contribution in [0.3, 0.4) is 0 Å². The molecule has 48 heavy (non-hydrogen) atoms. The molecule has 0 spiro atoms. The summed E-state index contributed by atoms with van der Waals surface area (Å²) in [4.78, 5) is 33.8. The first-order valence-electron chi connectivity index (χ1n) is 16.0. The largest absolute Gasteiger partial charge is 0.469 e. The van der Waals surface area contributed by atoms with Crippen molar-refractivity contribution >= 4 is 22.8 Å². The van der Waals surface area contributed by atoms with Crippen LogP contribution in [-0.4, -0.2) is 48.1 Å². The van der Waals surface area contributed by atoms with E-state index in [4.69, 9.17) is 9.47 Å². The SMILES string of the molecule is COC(=O)C[C@H](C(=O)Cc1ccccc1CC[C@@H]1CN[C@H](c2nc3c(F)c(F)c(F)cc3[nH]2)CO1)C(c1ccccc1)c1ccccc1. The van der Waals surface area contributed by atoms with Crippen LogP contribution in [0, 0.1) is 23.4 Å².